The number of rotatable bonds is 9. The van der Waals surface area contributed by atoms with Gasteiger partial charge in [-0.15, -0.1) is 0 Å². The maximum Gasteiger partial charge on any atom is 0.123 e. The summed E-state index contributed by atoms with van der Waals surface area (Å²) in [5, 5.41) is 3.53. The third-order valence-electron chi connectivity index (χ3n) is 3.25. The molecule has 1 atom stereocenters. The van der Waals surface area contributed by atoms with Crippen molar-refractivity contribution in [1.29, 1.82) is 0 Å². The summed E-state index contributed by atoms with van der Waals surface area (Å²) in [5.41, 5.74) is 0. The second kappa shape index (κ2) is 7.39. The van der Waals surface area contributed by atoms with Gasteiger partial charge in [-0.1, -0.05) is 6.07 Å². The fraction of sp³-hybridized carbons (Fsp3) is 0.625. The number of benzene rings is 1. The van der Waals surface area contributed by atoms with Gasteiger partial charge in [-0.25, -0.2) is 0 Å². The van der Waals surface area contributed by atoms with E-state index < -0.39 is 0 Å². The second-order valence-electron chi connectivity index (χ2n) is 5.21. The van der Waals surface area contributed by atoms with Crippen molar-refractivity contribution in [2.24, 2.45) is 0 Å². The Morgan fingerprint density at radius 3 is 2.84 bits per heavy atom. The zero-order valence-corrected chi connectivity index (χ0v) is 12.0. The van der Waals surface area contributed by atoms with Gasteiger partial charge < -0.3 is 14.8 Å². The molecule has 1 aliphatic rings. The topological polar surface area (TPSA) is 30.5 Å². The Bertz CT molecular complexity index is 377. The van der Waals surface area contributed by atoms with Gasteiger partial charge in [-0.2, -0.15) is 0 Å². The van der Waals surface area contributed by atoms with E-state index in [1.54, 1.807) is 0 Å². The lowest BCUT2D eigenvalue weighted by molar-refractivity contribution is 0.206. The van der Waals surface area contributed by atoms with Gasteiger partial charge >= 0.3 is 0 Å². The first-order valence-corrected chi connectivity index (χ1v) is 7.41. The molecule has 0 bridgehead atoms. The van der Waals surface area contributed by atoms with Gasteiger partial charge in [-0.3, -0.25) is 0 Å². The van der Waals surface area contributed by atoms with E-state index in [4.69, 9.17) is 9.47 Å². The highest BCUT2D eigenvalue weighted by Crippen LogP contribution is 2.21. The first-order valence-electron chi connectivity index (χ1n) is 7.41. The lowest BCUT2D eigenvalue weighted by Gasteiger charge is -2.15. The van der Waals surface area contributed by atoms with Gasteiger partial charge in [-0.05, 0) is 58.2 Å². The Labute approximate surface area is 116 Å². The van der Waals surface area contributed by atoms with Crippen molar-refractivity contribution in [3.05, 3.63) is 24.3 Å². The van der Waals surface area contributed by atoms with Crippen LogP contribution in [0, 0.1) is 0 Å². The minimum absolute atomic E-state index is 0.248. The van der Waals surface area contributed by atoms with Crippen LogP contribution in [0.5, 0.6) is 11.5 Å². The average molecular weight is 263 g/mol. The molecule has 0 saturated heterocycles. The maximum absolute atomic E-state index is 5.92. The zero-order chi connectivity index (χ0) is 13.5. The second-order valence-corrected chi connectivity index (χ2v) is 5.21. The third-order valence-corrected chi connectivity index (χ3v) is 3.25. The molecule has 0 heterocycles. The predicted octanol–water partition coefficient (Wildman–Crippen LogP) is 3.38. The first-order chi connectivity index (χ1) is 9.28. The van der Waals surface area contributed by atoms with E-state index in [1.807, 2.05) is 31.2 Å². The summed E-state index contributed by atoms with van der Waals surface area (Å²) in [6.07, 6.45) is 5.21. The van der Waals surface area contributed by atoms with Gasteiger partial charge in [0.15, 0.2) is 0 Å². The molecule has 1 N–H and O–H groups in total. The molecule has 0 spiro atoms. The Kier molecular flexibility index (Phi) is 5.52. The molecule has 2 rings (SSSR count). The van der Waals surface area contributed by atoms with E-state index in [2.05, 4.69) is 12.2 Å². The van der Waals surface area contributed by atoms with Crippen LogP contribution in [-0.4, -0.2) is 25.3 Å². The van der Waals surface area contributed by atoms with Crippen LogP contribution in [0.15, 0.2) is 24.3 Å². The summed E-state index contributed by atoms with van der Waals surface area (Å²) in [4.78, 5) is 0. The monoisotopic (exact) mass is 263 g/mol. The highest BCUT2D eigenvalue weighted by Gasteiger charge is 2.19. The molecule has 3 nitrogen and oxygen atoms in total. The lowest BCUT2D eigenvalue weighted by atomic mass is 10.2. The van der Waals surface area contributed by atoms with Gasteiger partial charge in [0.25, 0.3) is 0 Å². The van der Waals surface area contributed by atoms with Crippen LogP contribution in [0.2, 0.25) is 0 Å². The van der Waals surface area contributed by atoms with Crippen molar-refractivity contribution >= 4 is 0 Å². The normalized spacial score (nSPS) is 16.1. The SMILES string of the molecule is CCOc1cccc(OC(C)CCCNC2CC2)c1. The number of nitrogens with one attached hydrogen (secondary N) is 1. The van der Waals surface area contributed by atoms with E-state index in [0.29, 0.717) is 6.61 Å². The van der Waals surface area contributed by atoms with Crippen LogP contribution in [0.25, 0.3) is 0 Å². The molecule has 0 aliphatic heterocycles. The molecule has 1 fully saturated rings. The Morgan fingerprint density at radius 1 is 1.32 bits per heavy atom. The van der Waals surface area contributed by atoms with Gasteiger partial charge in [0.2, 0.25) is 0 Å². The minimum atomic E-state index is 0.248. The van der Waals surface area contributed by atoms with Crippen molar-refractivity contribution in [3.63, 3.8) is 0 Å². The average Bonchev–Trinajstić information content (AvgIpc) is 3.20. The molecule has 0 amide bonds. The standard InChI is InChI=1S/C16H25NO2/c1-3-18-15-7-4-8-16(12-15)19-13(2)6-5-11-17-14-9-10-14/h4,7-8,12-14,17H,3,5-6,9-11H2,1-2H3. The first kappa shape index (κ1) is 14.2. The van der Waals surface area contributed by atoms with Gasteiger partial charge in [0.05, 0.1) is 12.7 Å². The van der Waals surface area contributed by atoms with Crippen molar-refractivity contribution in [2.45, 2.75) is 51.7 Å². The summed E-state index contributed by atoms with van der Waals surface area (Å²) in [5.74, 6) is 1.77. The van der Waals surface area contributed by atoms with Crippen molar-refractivity contribution in [1.82, 2.24) is 5.32 Å². The number of ether oxygens (including phenoxy) is 2. The largest absolute Gasteiger partial charge is 0.494 e. The molecule has 0 aromatic heterocycles. The van der Waals surface area contributed by atoms with Gasteiger partial charge in [0.1, 0.15) is 11.5 Å². The van der Waals surface area contributed by atoms with Crippen LogP contribution in [-0.2, 0) is 0 Å². The Morgan fingerprint density at radius 2 is 2.11 bits per heavy atom. The highest BCUT2D eigenvalue weighted by molar-refractivity contribution is 5.33. The molecule has 106 valence electrons. The molecule has 1 aromatic rings. The van der Waals surface area contributed by atoms with Gasteiger partial charge in [0, 0.05) is 12.1 Å². The van der Waals surface area contributed by atoms with E-state index in [1.165, 1.54) is 19.3 Å². The highest BCUT2D eigenvalue weighted by atomic mass is 16.5. The van der Waals surface area contributed by atoms with Crippen molar-refractivity contribution < 1.29 is 9.47 Å². The smallest absolute Gasteiger partial charge is 0.123 e. The molecular formula is C16H25NO2. The van der Waals surface area contributed by atoms with E-state index >= 15 is 0 Å². The molecule has 1 aliphatic carbocycles. The number of hydrogen-bond donors (Lipinski definition) is 1. The zero-order valence-electron chi connectivity index (χ0n) is 12.0. The third kappa shape index (κ3) is 5.52. The van der Waals surface area contributed by atoms with Crippen LogP contribution >= 0.6 is 0 Å². The number of hydrogen-bond acceptors (Lipinski definition) is 3. The summed E-state index contributed by atoms with van der Waals surface area (Å²) in [6, 6.07) is 8.69. The van der Waals surface area contributed by atoms with E-state index in [0.717, 1.165) is 30.5 Å². The molecule has 1 aromatic carbocycles. The van der Waals surface area contributed by atoms with E-state index in [9.17, 15) is 0 Å². The fourth-order valence-electron chi connectivity index (χ4n) is 2.08. The van der Waals surface area contributed by atoms with Crippen molar-refractivity contribution in [3.8, 4) is 11.5 Å². The maximum atomic E-state index is 5.92. The minimum Gasteiger partial charge on any atom is -0.494 e. The molecule has 0 radical (unpaired) electrons. The summed E-state index contributed by atoms with van der Waals surface area (Å²) >= 11 is 0. The Hall–Kier alpha value is -1.22. The molecule has 1 unspecified atom stereocenters. The van der Waals surface area contributed by atoms with Crippen LogP contribution in [0.3, 0.4) is 0 Å². The Balaban J connectivity index is 1.67. The van der Waals surface area contributed by atoms with Crippen LogP contribution in [0.1, 0.15) is 39.5 Å². The fourth-order valence-corrected chi connectivity index (χ4v) is 2.08. The summed E-state index contributed by atoms with van der Waals surface area (Å²) in [7, 11) is 0. The van der Waals surface area contributed by atoms with Crippen molar-refractivity contribution in [2.75, 3.05) is 13.2 Å². The predicted molar refractivity (Wildman–Crippen MR) is 78.0 cm³/mol. The lowest BCUT2D eigenvalue weighted by Crippen LogP contribution is -2.20. The molecule has 1 saturated carbocycles. The van der Waals surface area contributed by atoms with Crippen LogP contribution in [0.4, 0.5) is 0 Å². The summed E-state index contributed by atoms with van der Waals surface area (Å²) in [6.45, 7) is 5.91. The quantitative estimate of drug-likeness (QED) is 0.693. The molecule has 19 heavy (non-hydrogen) atoms. The molecular weight excluding hydrogens is 238 g/mol. The summed E-state index contributed by atoms with van der Waals surface area (Å²) < 4.78 is 11.4. The van der Waals surface area contributed by atoms with Crippen LogP contribution < -0.4 is 14.8 Å². The van der Waals surface area contributed by atoms with E-state index in [-0.39, 0.29) is 6.10 Å². The molecule has 3 heteroatoms.